The van der Waals surface area contributed by atoms with Gasteiger partial charge in [0.15, 0.2) is 0 Å². The Morgan fingerprint density at radius 1 is 1.26 bits per heavy atom. The Morgan fingerprint density at radius 3 is 2.63 bits per heavy atom. The molecule has 0 amide bonds. The number of rotatable bonds is 8. The first kappa shape index (κ1) is 14.3. The van der Waals surface area contributed by atoms with Gasteiger partial charge in [-0.15, -0.1) is 0 Å². The van der Waals surface area contributed by atoms with Crippen molar-refractivity contribution in [1.29, 1.82) is 0 Å². The van der Waals surface area contributed by atoms with Crippen molar-refractivity contribution >= 4 is 6.08 Å². The van der Waals surface area contributed by atoms with Crippen LogP contribution in [0.3, 0.4) is 0 Å². The predicted molar refractivity (Wildman–Crippen MR) is 81.1 cm³/mol. The zero-order valence-corrected chi connectivity index (χ0v) is 12.0. The highest BCUT2D eigenvalue weighted by Crippen LogP contribution is 2.19. The molecular formula is C17H25NO. The highest BCUT2D eigenvalue weighted by atomic mass is 16.5. The molecule has 2 heteroatoms. The van der Waals surface area contributed by atoms with Gasteiger partial charge in [0, 0.05) is 12.6 Å². The second kappa shape index (κ2) is 7.46. The van der Waals surface area contributed by atoms with Crippen molar-refractivity contribution in [3.8, 4) is 0 Å². The molecule has 1 fully saturated rings. The van der Waals surface area contributed by atoms with E-state index in [0.29, 0.717) is 18.6 Å². The van der Waals surface area contributed by atoms with Gasteiger partial charge in [0.25, 0.3) is 0 Å². The molecule has 0 aromatic heterocycles. The molecule has 2 nitrogen and oxygen atoms in total. The van der Waals surface area contributed by atoms with Gasteiger partial charge < -0.3 is 10.1 Å². The summed E-state index contributed by atoms with van der Waals surface area (Å²) >= 11 is 0. The molecule has 1 atom stereocenters. The molecule has 0 aliphatic heterocycles. The predicted octanol–water partition coefficient (Wildman–Crippen LogP) is 3.49. The molecule has 104 valence electrons. The first-order valence-electron chi connectivity index (χ1n) is 7.32. The van der Waals surface area contributed by atoms with Crippen LogP contribution in [0.2, 0.25) is 0 Å². The van der Waals surface area contributed by atoms with Crippen LogP contribution in [-0.2, 0) is 4.74 Å². The van der Waals surface area contributed by atoms with Gasteiger partial charge in [0.05, 0.1) is 12.7 Å². The lowest BCUT2D eigenvalue weighted by atomic mass is 10.1. The van der Waals surface area contributed by atoms with E-state index < -0.39 is 0 Å². The summed E-state index contributed by atoms with van der Waals surface area (Å²) in [5.74, 6) is 0.552. The monoisotopic (exact) mass is 259 g/mol. The molecule has 0 spiro atoms. The van der Waals surface area contributed by atoms with E-state index in [0.717, 1.165) is 12.6 Å². The average molecular weight is 259 g/mol. The van der Waals surface area contributed by atoms with Gasteiger partial charge in [-0.05, 0) is 24.3 Å². The van der Waals surface area contributed by atoms with Gasteiger partial charge in [-0.2, -0.15) is 0 Å². The van der Waals surface area contributed by atoms with Crippen molar-refractivity contribution in [1.82, 2.24) is 5.32 Å². The number of hydrogen-bond acceptors (Lipinski definition) is 2. The van der Waals surface area contributed by atoms with E-state index in [1.165, 1.54) is 18.4 Å². The van der Waals surface area contributed by atoms with Crippen LogP contribution in [0.4, 0.5) is 0 Å². The molecule has 1 aromatic rings. The van der Waals surface area contributed by atoms with Crippen molar-refractivity contribution in [2.24, 2.45) is 5.92 Å². The van der Waals surface area contributed by atoms with E-state index >= 15 is 0 Å². The highest BCUT2D eigenvalue weighted by molar-refractivity contribution is 5.48. The third-order valence-corrected chi connectivity index (χ3v) is 3.45. The standard InChI is InChI=1S/C17H25NO/c1-14(2)17(13-18-16-10-11-16)19-12-6-9-15-7-4-3-5-8-15/h3-9,14,16-18H,10-13H2,1-2H3. The molecule has 0 radical (unpaired) electrons. The van der Waals surface area contributed by atoms with Crippen molar-refractivity contribution in [2.45, 2.75) is 38.8 Å². The Hall–Kier alpha value is -1.12. The third-order valence-electron chi connectivity index (χ3n) is 3.45. The lowest BCUT2D eigenvalue weighted by molar-refractivity contribution is 0.0407. The van der Waals surface area contributed by atoms with E-state index in [1.807, 2.05) is 6.07 Å². The topological polar surface area (TPSA) is 21.3 Å². The van der Waals surface area contributed by atoms with Gasteiger partial charge in [-0.3, -0.25) is 0 Å². The first-order valence-corrected chi connectivity index (χ1v) is 7.32. The summed E-state index contributed by atoms with van der Waals surface area (Å²) in [6.07, 6.45) is 7.19. The number of ether oxygens (including phenoxy) is 1. The molecule has 0 bridgehead atoms. The van der Waals surface area contributed by atoms with E-state index in [2.05, 4.69) is 55.6 Å². The van der Waals surface area contributed by atoms with Crippen LogP contribution in [-0.4, -0.2) is 25.3 Å². The van der Waals surface area contributed by atoms with E-state index in [1.54, 1.807) is 0 Å². The van der Waals surface area contributed by atoms with E-state index in [9.17, 15) is 0 Å². The van der Waals surface area contributed by atoms with E-state index in [4.69, 9.17) is 4.74 Å². The second-order valence-corrected chi connectivity index (χ2v) is 5.61. The summed E-state index contributed by atoms with van der Waals surface area (Å²) in [6, 6.07) is 11.1. The summed E-state index contributed by atoms with van der Waals surface area (Å²) in [7, 11) is 0. The molecule has 19 heavy (non-hydrogen) atoms. The van der Waals surface area contributed by atoms with Gasteiger partial charge in [-0.1, -0.05) is 56.3 Å². The minimum Gasteiger partial charge on any atom is -0.373 e. The summed E-state index contributed by atoms with van der Waals surface area (Å²) in [4.78, 5) is 0. The van der Waals surface area contributed by atoms with Crippen LogP contribution in [0.5, 0.6) is 0 Å². The molecule has 1 aliphatic rings. The Bertz CT molecular complexity index is 382. The normalized spacial score (nSPS) is 17.2. The molecular weight excluding hydrogens is 234 g/mol. The van der Waals surface area contributed by atoms with Gasteiger partial charge in [0.2, 0.25) is 0 Å². The van der Waals surface area contributed by atoms with Crippen molar-refractivity contribution in [2.75, 3.05) is 13.2 Å². The molecule has 1 aromatic carbocycles. The highest BCUT2D eigenvalue weighted by Gasteiger charge is 2.23. The number of benzene rings is 1. The lowest BCUT2D eigenvalue weighted by Gasteiger charge is -2.21. The Balaban J connectivity index is 1.70. The van der Waals surface area contributed by atoms with Crippen LogP contribution in [0.25, 0.3) is 6.08 Å². The first-order chi connectivity index (χ1) is 9.25. The fraction of sp³-hybridized carbons (Fsp3) is 0.529. The molecule has 1 unspecified atom stereocenters. The minimum atomic E-state index is 0.307. The molecule has 0 saturated heterocycles. The van der Waals surface area contributed by atoms with E-state index in [-0.39, 0.29) is 0 Å². The zero-order valence-electron chi connectivity index (χ0n) is 12.0. The summed E-state index contributed by atoms with van der Waals surface area (Å²) in [5.41, 5.74) is 1.23. The molecule has 1 N–H and O–H groups in total. The maximum Gasteiger partial charge on any atom is 0.0726 e. The molecule has 2 rings (SSSR count). The molecule has 1 aliphatic carbocycles. The summed E-state index contributed by atoms with van der Waals surface area (Å²) < 4.78 is 5.95. The van der Waals surface area contributed by atoms with Gasteiger partial charge in [0.1, 0.15) is 0 Å². The molecule has 0 heterocycles. The average Bonchev–Trinajstić information content (AvgIpc) is 3.22. The number of nitrogens with one attached hydrogen (secondary N) is 1. The Labute approximate surface area is 116 Å². The summed E-state index contributed by atoms with van der Waals surface area (Å²) in [6.45, 7) is 6.10. The van der Waals surface area contributed by atoms with Crippen LogP contribution in [0.15, 0.2) is 36.4 Å². The Kier molecular flexibility index (Phi) is 5.62. The quantitative estimate of drug-likeness (QED) is 0.771. The third kappa shape index (κ3) is 5.58. The molecule has 1 saturated carbocycles. The Morgan fingerprint density at radius 2 is 2.00 bits per heavy atom. The van der Waals surface area contributed by atoms with Crippen LogP contribution < -0.4 is 5.32 Å². The van der Waals surface area contributed by atoms with Crippen LogP contribution >= 0.6 is 0 Å². The fourth-order valence-electron chi connectivity index (χ4n) is 1.98. The zero-order chi connectivity index (χ0) is 13.5. The van der Waals surface area contributed by atoms with Gasteiger partial charge in [-0.25, -0.2) is 0 Å². The lowest BCUT2D eigenvalue weighted by Crippen LogP contribution is -2.34. The maximum atomic E-state index is 5.95. The smallest absolute Gasteiger partial charge is 0.0726 e. The second-order valence-electron chi connectivity index (χ2n) is 5.61. The van der Waals surface area contributed by atoms with Crippen molar-refractivity contribution < 1.29 is 4.74 Å². The van der Waals surface area contributed by atoms with Crippen molar-refractivity contribution in [3.63, 3.8) is 0 Å². The van der Waals surface area contributed by atoms with Crippen LogP contribution in [0, 0.1) is 5.92 Å². The van der Waals surface area contributed by atoms with Gasteiger partial charge >= 0.3 is 0 Å². The van der Waals surface area contributed by atoms with Crippen LogP contribution in [0.1, 0.15) is 32.3 Å². The fourth-order valence-corrected chi connectivity index (χ4v) is 1.98. The SMILES string of the molecule is CC(C)C(CNC1CC1)OCC=Cc1ccccc1. The summed E-state index contributed by atoms with van der Waals surface area (Å²) in [5, 5.41) is 3.55. The minimum absolute atomic E-state index is 0.307. The largest absolute Gasteiger partial charge is 0.373 e. The van der Waals surface area contributed by atoms with Crippen molar-refractivity contribution in [3.05, 3.63) is 42.0 Å². The number of hydrogen-bond donors (Lipinski definition) is 1. The maximum absolute atomic E-state index is 5.95.